The molecule has 1 fully saturated rings. The molecule has 2 rings (SSSR count). The van der Waals surface area contributed by atoms with Crippen molar-refractivity contribution in [3.8, 4) is 18.6 Å². The van der Waals surface area contributed by atoms with E-state index in [0.29, 0.717) is 6.04 Å². The Morgan fingerprint density at radius 1 is 1.47 bits per heavy atom. The van der Waals surface area contributed by atoms with Crippen molar-refractivity contribution < 1.29 is 4.74 Å². The first-order valence-corrected chi connectivity index (χ1v) is 6.31. The third-order valence-electron chi connectivity index (χ3n) is 3.39. The highest BCUT2D eigenvalue weighted by Gasteiger charge is 2.23. The van der Waals surface area contributed by atoms with Gasteiger partial charge in [0.25, 0.3) is 0 Å². The van der Waals surface area contributed by atoms with E-state index in [4.69, 9.17) is 4.74 Å². The van der Waals surface area contributed by atoms with Crippen molar-refractivity contribution in [1.82, 2.24) is 10.2 Å². The molecule has 1 aliphatic rings. The van der Waals surface area contributed by atoms with Gasteiger partial charge in [-0.1, -0.05) is 24.8 Å². The van der Waals surface area contributed by atoms with Gasteiger partial charge in [-0.25, -0.2) is 0 Å². The number of ether oxygens (including phenoxy) is 1. The van der Waals surface area contributed by atoms with Crippen molar-refractivity contribution in [3.63, 3.8) is 0 Å². The third kappa shape index (κ3) is 3.37. The normalized spacial score (nSPS) is 19.1. The van der Waals surface area contributed by atoms with Crippen molar-refractivity contribution in [2.24, 2.45) is 0 Å². The number of methoxy groups -OCH3 is 1. The van der Waals surface area contributed by atoms with Crippen LogP contribution in [0.25, 0.3) is 6.08 Å². The molecule has 3 nitrogen and oxygen atoms in total. The largest absolute Gasteiger partial charge is 0.496 e. The quantitative estimate of drug-likeness (QED) is 0.841. The summed E-state index contributed by atoms with van der Waals surface area (Å²) in [5.41, 5.74) is 2.39. The summed E-state index contributed by atoms with van der Waals surface area (Å²) < 4.78 is 5.39. The predicted molar refractivity (Wildman–Crippen MR) is 81.2 cm³/mol. The van der Waals surface area contributed by atoms with Crippen LogP contribution in [0, 0.1) is 12.8 Å². The zero-order valence-corrected chi connectivity index (χ0v) is 11.7. The smallest absolute Gasteiger partial charge is 0.126 e. The van der Waals surface area contributed by atoms with E-state index in [1.165, 1.54) is 5.56 Å². The number of likely N-dealkylation sites (N-methyl/N-ethyl adjacent to an activating group) is 1. The Balaban J connectivity index is 0.000000861. The van der Waals surface area contributed by atoms with Gasteiger partial charge in [0.05, 0.1) is 7.11 Å². The van der Waals surface area contributed by atoms with Gasteiger partial charge in [0.2, 0.25) is 0 Å². The molecule has 1 unspecified atom stereocenters. The Hall–Kier alpha value is -1.76. The SMILES string of the molecule is C#C.C=Cc1c(OC)cccc1C1CNCCN1C. The molecule has 1 N–H and O–H groups in total. The van der Waals surface area contributed by atoms with Crippen LogP contribution in [-0.2, 0) is 0 Å². The molecule has 1 saturated heterocycles. The van der Waals surface area contributed by atoms with Gasteiger partial charge >= 0.3 is 0 Å². The molecule has 0 saturated carbocycles. The standard InChI is InChI=1S/C14H20N2O.C2H2/c1-4-11-12(6-5-7-14(11)17-3)13-10-15-8-9-16(13)2;1-2/h4-7,13,15H,1,8-10H2,2-3H3;1-2H. The molecule has 1 atom stereocenters. The molecule has 0 radical (unpaired) electrons. The number of terminal acetylenes is 1. The molecular formula is C16H22N2O. The minimum Gasteiger partial charge on any atom is -0.496 e. The molecule has 1 aliphatic heterocycles. The monoisotopic (exact) mass is 258 g/mol. The minimum absolute atomic E-state index is 0.395. The fourth-order valence-corrected chi connectivity index (χ4v) is 2.40. The van der Waals surface area contributed by atoms with Crippen molar-refractivity contribution in [2.75, 3.05) is 33.8 Å². The predicted octanol–water partition coefficient (Wildman–Crippen LogP) is 2.16. The first-order chi connectivity index (χ1) is 9.27. The van der Waals surface area contributed by atoms with Gasteiger partial charge in [-0.15, -0.1) is 12.8 Å². The van der Waals surface area contributed by atoms with Crippen molar-refractivity contribution >= 4 is 6.08 Å². The molecule has 0 aromatic heterocycles. The number of piperazine rings is 1. The number of hydrogen-bond acceptors (Lipinski definition) is 3. The Labute approximate surface area is 116 Å². The fraction of sp³-hybridized carbons (Fsp3) is 0.375. The summed E-state index contributed by atoms with van der Waals surface area (Å²) in [5.74, 6) is 0.900. The molecule has 19 heavy (non-hydrogen) atoms. The van der Waals surface area contributed by atoms with Crippen molar-refractivity contribution in [1.29, 1.82) is 0 Å². The van der Waals surface area contributed by atoms with Crippen LogP contribution in [0.5, 0.6) is 5.75 Å². The lowest BCUT2D eigenvalue weighted by Crippen LogP contribution is -2.44. The van der Waals surface area contributed by atoms with E-state index < -0.39 is 0 Å². The maximum atomic E-state index is 5.39. The lowest BCUT2D eigenvalue weighted by atomic mass is 9.97. The van der Waals surface area contributed by atoms with E-state index in [9.17, 15) is 0 Å². The van der Waals surface area contributed by atoms with E-state index in [2.05, 4.69) is 42.8 Å². The summed E-state index contributed by atoms with van der Waals surface area (Å²) in [6.45, 7) is 7.00. The van der Waals surface area contributed by atoms with Crippen LogP contribution in [0.2, 0.25) is 0 Å². The lowest BCUT2D eigenvalue weighted by Gasteiger charge is -2.34. The third-order valence-corrected chi connectivity index (χ3v) is 3.39. The fourth-order valence-electron chi connectivity index (χ4n) is 2.40. The molecule has 0 amide bonds. The van der Waals surface area contributed by atoms with E-state index >= 15 is 0 Å². The maximum absolute atomic E-state index is 5.39. The van der Waals surface area contributed by atoms with E-state index in [1.807, 2.05) is 18.2 Å². The topological polar surface area (TPSA) is 24.5 Å². The molecule has 1 aromatic carbocycles. The highest BCUT2D eigenvalue weighted by atomic mass is 16.5. The van der Waals surface area contributed by atoms with Crippen LogP contribution >= 0.6 is 0 Å². The Morgan fingerprint density at radius 3 is 2.79 bits per heavy atom. The zero-order chi connectivity index (χ0) is 14.3. The summed E-state index contributed by atoms with van der Waals surface area (Å²) in [7, 11) is 3.87. The van der Waals surface area contributed by atoms with Gasteiger partial charge in [-0.3, -0.25) is 4.90 Å². The molecule has 0 spiro atoms. The number of benzene rings is 1. The highest BCUT2D eigenvalue weighted by molar-refractivity contribution is 5.60. The second kappa shape index (κ2) is 7.63. The second-order valence-corrected chi connectivity index (χ2v) is 4.37. The summed E-state index contributed by atoms with van der Waals surface area (Å²) in [4.78, 5) is 2.37. The summed E-state index contributed by atoms with van der Waals surface area (Å²) >= 11 is 0. The average molecular weight is 258 g/mol. The molecule has 0 bridgehead atoms. The van der Waals surface area contributed by atoms with Crippen LogP contribution in [-0.4, -0.2) is 38.7 Å². The molecular weight excluding hydrogens is 236 g/mol. The maximum Gasteiger partial charge on any atom is 0.126 e. The zero-order valence-electron chi connectivity index (χ0n) is 11.7. The van der Waals surface area contributed by atoms with Gasteiger partial charge in [0, 0.05) is 31.2 Å². The first kappa shape index (κ1) is 15.3. The number of nitrogens with zero attached hydrogens (tertiary/aromatic N) is 1. The summed E-state index contributed by atoms with van der Waals surface area (Å²) in [6, 6.07) is 6.58. The van der Waals surface area contributed by atoms with Crippen LogP contribution in [0.1, 0.15) is 17.2 Å². The van der Waals surface area contributed by atoms with Crippen LogP contribution in [0.15, 0.2) is 24.8 Å². The van der Waals surface area contributed by atoms with Gasteiger partial charge < -0.3 is 10.1 Å². The minimum atomic E-state index is 0.395. The first-order valence-electron chi connectivity index (χ1n) is 6.31. The lowest BCUT2D eigenvalue weighted by molar-refractivity contribution is 0.202. The Morgan fingerprint density at radius 2 is 2.21 bits per heavy atom. The number of rotatable bonds is 3. The van der Waals surface area contributed by atoms with Crippen LogP contribution < -0.4 is 10.1 Å². The second-order valence-electron chi connectivity index (χ2n) is 4.37. The molecule has 102 valence electrons. The molecule has 1 aromatic rings. The number of hydrogen-bond donors (Lipinski definition) is 1. The molecule has 1 heterocycles. The van der Waals surface area contributed by atoms with E-state index in [0.717, 1.165) is 30.9 Å². The van der Waals surface area contributed by atoms with Gasteiger partial charge in [0.15, 0.2) is 0 Å². The van der Waals surface area contributed by atoms with Gasteiger partial charge in [-0.2, -0.15) is 0 Å². The van der Waals surface area contributed by atoms with Gasteiger partial charge in [0.1, 0.15) is 5.75 Å². The van der Waals surface area contributed by atoms with Crippen molar-refractivity contribution in [2.45, 2.75) is 6.04 Å². The Kier molecular flexibility index (Phi) is 6.14. The Bertz CT molecular complexity index is 440. The average Bonchev–Trinajstić information content (AvgIpc) is 2.49. The highest BCUT2D eigenvalue weighted by Crippen LogP contribution is 2.30. The summed E-state index contributed by atoms with van der Waals surface area (Å²) in [5, 5.41) is 3.44. The van der Waals surface area contributed by atoms with Crippen LogP contribution in [0.3, 0.4) is 0 Å². The van der Waals surface area contributed by atoms with E-state index in [1.54, 1.807) is 7.11 Å². The molecule has 0 aliphatic carbocycles. The number of nitrogens with one attached hydrogen (secondary N) is 1. The van der Waals surface area contributed by atoms with Crippen LogP contribution in [0.4, 0.5) is 0 Å². The van der Waals surface area contributed by atoms with E-state index in [-0.39, 0.29) is 0 Å². The summed E-state index contributed by atoms with van der Waals surface area (Å²) in [6.07, 6.45) is 9.89. The van der Waals surface area contributed by atoms with Crippen molar-refractivity contribution in [3.05, 3.63) is 35.9 Å². The molecule has 3 heteroatoms. The van der Waals surface area contributed by atoms with Gasteiger partial charge in [-0.05, 0) is 18.7 Å².